The Hall–Kier alpha value is -2.54. The lowest BCUT2D eigenvalue weighted by Crippen LogP contribution is -2.18. The number of ether oxygens (including phenoxy) is 1. The first-order valence-electron chi connectivity index (χ1n) is 6.59. The second kappa shape index (κ2) is 5.22. The minimum atomic E-state index is 0.597. The highest BCUT2D eigenvalue weighted by atomic mass is 16.5. The minimum Gasteiger partial charge on any atom is -0.493 e. The smallest absolute Gasteiger partial charge is 0.146 e. The third kappa shape index (κ3) is 2.30. The largest absolute Gasteiger partial charge is 0.493 e. The number of hydrogen-bond donors (Lipinski definition) is 0. The molecule has 2 aromatic rings. The minimum absolute atomic E-state index is 0.597. The van der Waals surface area contributed by atoms with Crippen molar-refractivity contribution in [3.8, 4) is 11.8 Å². The van der Waals surface area contributed by atoms with Gasteiger partial charge in [0.15, 0.2) is 0 Å². The fraction of sp³-hybridized carbons (Fsp3) is 0.250. The van der Waals surface area contributed by atoms with Crippen molar-refractivity contribution in [1.29, 1.82) is 5.26 Å². The maximum absolute atomic E-state index is 9.13. The first-order chi connectivity index (χ1) is 9.78. The molecule has 0 atom stereocenters. The molecule has 4 heteroatoms. The van der Waals surface area contributed by atoms with Gasteiger partial charge in [0.2, 0.25) is 0 Å². The average molecular weight is 265 g/mol. The molecule has 20 heavy (non-hydrogen) atoms. The molecule has 3 rings (SSSR count). The summed E-state index contributed by atoms with van der Waals surface area (Å²) in [4.78, 5) is 6.29. The maximum atomic E-state index is 9.13. The van der Waals surface area contributed by atoms with E-state index in [1.165, 1.54) is 11.1 Å². The van der Waals surface area contributed by atoms with Crippen molar-refractivity contribution in [1.82, 2.24) is 4.98 Å². The molecule has 0 saturated heterocycles. The molecular weight excluding hydrogens is 250 g/mol. The lowest BCUT2D eigenvalue weighted by molar-refractivity contribution is 0.357. The Balaban J connectivity index is 1.82. The molecule has 0 bridgehead atoms. The lowest BCUT2D eigenvalue weighted by Gasteiger charge is -2.19. The van der Waals surface area contributed by atoms with Gasteiger partial charge in [-0.05, 0) is 29.3 Å². The summed E-state index contributed by atoms with van der Waals surface area (Å²) in [7, 11) is 1.95. The average Bonchev–Trinajstić information content (AvgIpc) is 2.94. The molecule has 0 fully saturated rings. The van der Waals surface area contributed by atoms with E-state index >= 15 is 0 Å². The first-order valence-corrected chi connectivity index (χ1v) is 6.59. The lowest BCUT2D eigenvalue weighted by atomic mass is 10.1. The van der Waals surface area contributed by atoms with E-state index in [9.17, 15) is 0 Å². The number of nitrogens with zero attached hydrogens (tertiary/aromatic N) is 3. The number of pyridine rings is 1. The molecule has 0 spiro atoms. The molecule has 0 unspecified atom stereocenters. The molecule has 2 heterocycles. The Morgan fingerprint density at radius 1 is 1.40 bits per heavy atom. The zero-order chi connectivity index (χ0) is 13.9. The molecule has 0 N–H and O–H groups in total. The topological polar surface area (TPSA) is 49.1 Å². The van der Waals surface area contributed by atoms with E-state index in [0.717, 1.165) is 25.3 Å². The van der Waals surface area contributed by atoms with Gasteiger partial charge < -0.3 is 9.64 Å². The van der Waals surface area contributed by atoms with Gasteiger partial charge in [0.25, 0.3) is 0 Å². The van der Waals surface area contributed by atoms with Crippen LogP contribution in [0.15, 0.2) is 36.5 Å². The molecular formula is C16H15N3O. The molecule has 1 aliphatic rings. The molecule has 0 saturated carbocycles. The van der Waals surface area contributed by atoms with Gasteiger partial charge in [-0.25, -0.2) is 4.98 Å². The highest BCUT2D eigenvalue weighted by Gasteiger charge is 2.14. The van der Waals surface area contributed by atoms with Gasteiger partial charge in [-0.3, -0.25) is 0 Å². The number of anilines is 1. The second-order valence-electron chi connectivity index (χ2n) is 4.88. The highest BCUT2D eigenvalue weighted by Crippen LogP contribution is 2.27. The number of fused-ring (bicyclic) bond motifs is 1. The van der Waals surface area contributed by atoms with E-state index in [0.29, 0.717) is 11.4 Å². The first kappa shape index (κ1) is 12.5. The van der Waals surface area contributed by atoms with Crippen LogP contribution in [0, 0.1) is 11.3 Å². The standard InChI is InChI=1S/C16H15N3O/c1-19(16-14(10-17)3-2-7-18-16)11-12-4-5-15-13(9-12)6-8-20-15/h2-5,7,9H,6,8,11H2,1H3. The van der Waals surface area contributed by atoms with Crippen molar-refractivity contribution >= 4 is 5.82 Å². The van der Waals surface area contributed by atoms with E-state index < -0.39 is 0 Å². The van der Waals surface area contributed by atoms with E-state index in [1.54, 1.807) is 18.3 Å². The van der Waals surface area contributed by atoms with Gasteiger partial charge in [-0.15, -0.1) is 0 Å². The molecule has 0 radical (unpaired) electrons. The fourth-order valence-electron chi connectivity index (χ4n) is 2.48. The SMILES string of the molecule is CN(Cc1ccc2c(c1)CCO2)c1ncccc1C#N. The van der Waals surface area contributed by atoms with E-state index in [2.05, 4.69) is 23.2 Å². The molecule has 100 valence electrons. The number of aromatic nitrogens is 1. The number of benzene rings is 1. The summed E-state index contributed by atoms with van der Waals surface area (Å²) in [5, 5.41) is 9.13. The zero-order valence-corrected chi connectivity index (χ0v) is 11.3. The van der Waals surface area contributed by atoms with Gasteiger partial charge in [0.1, 0.15) is 17.6 Å². The van der Waals surface area contributed by atoms with Crippen LogP contribution < -0.4 is 9.64 Å². The Morgan fingerprint density at radius 3 is 3.15 bits per heavy atom. The molecule has 1 aromatic carbocycles. The summed E-state index contributed by atoms with van der Waals surface area (Å²) in [5.41, 5.74) is 3.06. The normalized spacial score (nSPS) is 12.4. The van der Waals surface area contributed by atoms with Crippen molar-refractivity contribution in [3.05, 3.63) is 53.2 Å². The van der Waals surface area contributed by atoms with Crippen molar-refractivity contribution in [2.24, 2.45) is 0 Å². The van der Waals surface area contributed by atoms with Crippen molar-refractivity contribution in [2.75, 3.05) is 18.6 Å². The summed E-state index contributed by atoms with van der Waals surface area (Å²) < 4.78 is 5.51. The Kier molecular flexibility index (Phi) is 3.26. The molecule has 0 aliphatic carbocycles. The summed E-state index contributed by atoms with van der Waals surface area (Å²) in [6.07, 6.45) is 2.68. The number of nitriles is 1. The van der Waals surface area contributed by atoms with Crippen LogP contribution in [0.2, 0.25) is 0 Å². The van der Waals surface area contributed by atoms with E-state index in [-0.39, 0.29) is 0 Å². The van der Waals surface area contributed by atoms with Crippen molar-refractivity contribution in [3.63, 3.8) is 0 Å². The van der Waals surface area contributed by atoms with Crippen LogP contribution in [0.3, 0.4) is 0 Å². The predicted octanol–water partition coefficient (Wildman–Crippen LogP) is 2.52. The van der Waals surface area contributed by atoms with Gasteiger partial charge in [0.05, 0.1) is 12.2 Å². The fourth-order valence-corrected chi connectivity index (χ4v) is 2.48. The predicted molar refractivity (Wildman–Crippen MR) is 76.7 cm³/mol. The Labute approximate surface area is 118 Å². The third-order valence-corrected chi connectivity index (χ3v) is 3.44. The maximum Gasteiger partial charge on any atom is 0.146 e. The molecule has 0 amide bonds. The zero-order valence-electron chi connectivity index (χ0n) is 11.3. The van der Waals surface area contributed by atoms with E-state index in [4.69, 9.17) is 10.00 Å². The monoisotopic (exact) mass is 265 g/mol. The Morgan fingerprint density at radius 2 is 2.30 bits per heavy atom. The van der Waals surface area contributed by atoms with Crippen LogP contribution in [-0.2, 0) is 13.0 Å². The van der Waals surface area contributed by atoms with Crippen LogP contribution in [0.5, 0.6) is 5.75 Å². The van der Waals surface area contributed by atoms with Crippen LogP contribution in [-0.4, -0.2) is 18.6 Å². The molecule has 1 aromatic heterocycles. The highest BCUT2D eigenvalue weighted by molar-refractivity contribution is 5.53. The van der Waals surface area contributed by atoms with Gasteiger partial charge in [-0.2, -0.15) is 5.26 Å². The van der Waals surface area contributed by atoms with Crippen LogP contribution >= 0.6 is 0 Å². The van der Waals surface area contributed by atoms with Crippen LogP contribution in [0.25, 0.3) is 0 Å². The van der Waals surface area contributed by atoms with Crippen LogP contribution in [0.4, 0.5) is 5.82 Å². The van der Waals surface area contributed by atoms with Crippen LogP contribution in [0.1, 0.15) is 16.7 Å². The third-order valence-electron chi connectivity index (χ3n) is 3.44. The van der Waals surface area contributed by atoms with Crippen molar-refractivity contribution < 1.29 is 4.74 Å². The second-order valence-corrected chi connectivity index (χ2v) is 4.88. The quantitative estimate of drug-likeness (QED) is 0.855. The number of hydrogen-bond acceptors (Lipinski definition) is 4. The summed E-state index contributed by atoms with van der Waals surface area (Å²) in [6.45, 7) is 1.49. The van der Waals surface area contributed by atoms with Crippen molar-refractivity contribution in [2.45, 2.75) is 13.0 Å². The Bertz CT molecular complexity index is 676. The van der Waals surface area contributed by atoms with Gasteiger partial charge in [-0.1, -0.05) is 12.1 Å². The summed E-state index contributed by atoms with van der Waals surface area (Å²) in [6, 6.07) is 12.0. The molecule has 1 aliphatic heterocycles. The van der Waals surface area contributed by atoms with E-state index in [1.807, 2.05) is 18.0 Å². The molecule has 4 nitrogen and oxygen atoms in total. The summed E-state index contributed by atoms with van der Waals surface area (Å²) >= 11 is 0. The van der Waals surface area contributed by atoms with Gasteiger partial charge in [0, 0.05) is 26.2 Å². The number of rotatable bonds is 3. The van der Waals surface area contributed by atoms with Gasteiger partial charge >= 0.3 is 0 Å². The summed E-state index contributed by atoms with van der Waals surface area (Å²) in [5.74, 6) is 1.71.